The van der Waals surface area contributed by atoms with E-state index in [1.165, 1.54) is 6.92 Å². The standard InChI is InChI=1S/C24H20N2O3/c1-17(24(28)26-22-9-5-6-19(14-22)16-25)29-23(27)15-18-10-12-21(13-11-18)20-7-3-2-4-8-20/h2-14,17H,15H2,1H3,(H,26,28). The van der Waals surface area contributed by atoms with Gasteiger partial charge in [-0.1, -0.05) is 60.7 Å². The van der Waals surface area contributed by atoms with Crippen LogP contribution in [0, 0.1) is 11.3 Å². The van der Waals surface area contributed by atoms with Gasteiger partial charge in [-0.05, 0) is 41.8 Å². The molecule has 3 aromatic carbocycles. The molecule has 0 aliphatic heterocycles. The van der Waals surface area contributed by atoms with Gasteiger partial charge < -0.3 is 10.1 Å². The van der Waals surface area contributed by atoms with E-state index < -0.39 is 18.0 Å². The van der Waals surface area contributed by atoms with Crippen molar-refractivity contribution in [2.24, 2.45) is 0 Å². The van der Waals surface area contributed by atoms with E-state index in [1.54, 1.807) is 24.3 Å². The molecule has 1 N–H and O–H groups in total. The van der Waals surface area contributed by atoms with Crippen molar-refractivity contribution in [3.05, 3.63) is 90.0 Å². The molecule has 0 bridgehead atoms. The monoisotopic (exact) mass is 384 g/mol. The largest absolute Gasteiger partial charge is 0.452 e. The van der Waals surface area contributed by atoms with Crippen molar-refractivity contribution in [2.75, 3.05) is 5.32 Å². The van der Waals surface area contributed by atoms with Crippen molar-refractivity contribution in [2.45, 2.75) is 19.4 Å². The fourth-order valence-electron chi connectivity index (χ4n) is 2.82. The number of anilines is 1. The van der Waals surface area contributed by atoms with Crippen molar-refractivity contribution in [3.63, 3.8) is 0 Å². The molecule has 0 aliphatic carbocycles. The first-order valence-electron chi connectivity index (χ1n) is 9.20. The minimum atomic E-state index is -0.947. The Kier molecular flexibility index (Phi) is 6.39. The number of nitriles is 1. The van der Waals surface area contributed by atoms with Crippen LogP contribution in [0.3, 0.4) is 0 Å². The molecule has 29 heavy (non-hydrogen) atoms. The highest BCUT2D eigenvalue weighted by atomic mass is 16.5. The first-order valence-corrected chi connectivity index (χ1v) is 9.20. The Bertz CT molecular complexity index is 1040. The SMILES string of the molecule is CC(OC(=O)Cc1ccc(-c2ccccc2)cc1)C(=O)Nc1cccc(C#N)c1. The molecule has 0 heterocycles. The first-order chi connectivity index (χ1) is 14.0. The molecule has 0 saturated heterocycles. The van der Waals surface area contributed by atoms with E-state index >= 15 is 0 Å². The molecular formula is C24H20N2O3. The predicted octanol–water partition coefficient (Wildman–Crippen LogP) is 4.34. The Labute approximate surface area is 169 Å². The van der Waals surface area contributed by atoms with Crippen molar-refractivity contribution in [3.8, 4) is 17.2 Å². The molecule has 0 spiro atoms. The average Bonchev–Trinajstić information content (AvgIpc) is 2.75. The van der Waals surface area contributed by atoms with E-state index in [-0.39, 0.29) is 6.42 Å². The van der Waals surface area contributed by atoms with Crippen molar-refractivity contribution in [1.29, 1.82) is 5.26 Å². The van der Waals surface area contributed by atoms with Gasteiger partial charge in [-0.25, -0.2) is 0 Å². The topological polar surface area (TPSA) is 79.2 Å². The summed E-state index contributed by atoms with van der Waals surface area (Å²) in [7, 11) is 0. The van der Waals surface area contributed by atoms with Gasteiger partial charge in [0.2, 0.25) is 0 Å². The number of rotatable bonds is 6. The molecule has 0 fully saturated rings. The summed E-state index contributed by atoms with van der Waals surface area (Å²) in [6.45, 7) is 1.51. The Morgan fingerprint density at radius 2 is 1.66 bits per heavy atom. The summed E-state index contributed by atoms with van der Waals surface area (Å²) < 4.78 is 5.24. The van der Waals surface area contributed by atoms with Crippen LogP contribution in [-0.2, 0) is 20.7 Å². The molecule has 5 heteroatoms. The number of benzene rings is 3. The minimum absolute atomic E-state index is 0.0800. The van der Waals surface area contributed by atoms with Gasteiger partial charge in [0, 0.05) is 5.69 Å². The maximum Gasteiger partial charge on any atom is 0.311 e. The number of hydrogen-bond acceptors (Lipinski definition) is 4. The van der Waals surface area contributed by atoms with Gasteiger partial charge in [0.15, 0.2) is 6.10 Å². The summed E-state index contributed by atoms with van der Waals surface area (Å²) in [5.41, 5.74) is 3.89. The second kappa shape index (κ2) is 9.34. The fraction of sp³-hybridized carbons (Fsp3) is 0.125. The van der Waals surface area contributed by atoms with Gasteiger partial charge >= 0.3 is 5.97 Å². The van der Waals surface area contributed by atoms with Crippen molar-refractivity contribution < 1.29 is 14.3 Å². The van der Waals surface area contributed by atoms with Gasteiger partial charge in [0.05, 0.1) is 18.1 Å². The van der Waals surface area contributed by atoms with Crippen LogP contribution in [0.2, 0.25) is 0 Å². The highest BCUT2D eigenvalue weighted by molar-refractivity contribution is 5.95. The second-order valence-corrected chi connectivity index (χ2v) is 6.55. The molecule has 3 aromatic rings. The number of carbonyl (C=O) groups is 2. The molecule has 0 aliphatic rings. The molecule has 3 rings (SSSR count). The van der Waals surface area contributed by atoms with Crippen LogP contribution in [-0.4, -0.2) is 18.0 Å². The first kappa shape index (κ1) is 19.8. The fourth-order valence-corrected chi connectivity index (χ4v) is 2.82. The number of nitrogens with one attached hydrogen (secondary N) is 1. The zero-order chi connectivity index (χ0) is 20.6. The van der Waals surface area contributed by atoms with Crippen LogP contribution in [0.1, 0.15) is 18.1 Å². The Morgan fingerprint density at radius 3 is 2.34 bits per heavy atom. The van der Waals surface area contributed by atoms with E-state index in [4.69, 9.17) is 10.00 Å². The highest BCUT2D eigenvalue weighted by Gasteiger charge is 2.18. The van der Waals surface area contributed by atoms with Crippen LogP contribution in [0.25, 0.3) is 11.1 Å². The highest BCUT2D eigenvalue weighted by Crippen LogP contribution is 2.19. The number of nitrogens with zero attached hydrogens (tertiary/aromatic N) is 1. The molecule has 0 radical (unpaired) electrons. The zero-order valence-corrected chi connectivity index (χ0v) is 16.0. The number of esters is 1. The Balaban J connectivity index is 1.54. The summed E-state index contributed by atoms with van der Waals surface area (Å²) in [5.74, 6) is -0.932. The van der Waals surface area contributed by atoms with E-state index in [2.05, 4.69) is 5.32 Å². The van der Waals surface area contributed by atoms with Crippen LogP contribution < -0.4 is 5.32 Å². The van der Waals surface area contributed by atoms with E-state index in [9.17, 15) is 9.59 Å². The van der Waals surface area contributed by atoms with Gasteiger partial charge in [-0.2, -0.15) is 5.26 Å². The molecule has 0 aromatic heterocycles. The third kappa shape index (κ3) is 5.53. The normalized spacial score (nSPS) is 11.2. The summed E-state index contributed by atoms with van der Waals surface area (Å²) >= 11 is 0. The van der Waals surface area contributed by atoms with Gasteiger partial charge in [-0.15, -0.1) is 0 Å². The molecule has 144 valence electrons. The third-order valence-corrected chi connectivity index (χ3v) is 4.35. The molecule has 1 atom stereocenters. The lowest BCUT2D eigenvalue weighted by Gasteiger charge is -2.14. The lowest BCUT2D eigenvalue weighted by molar-refractivity contribution is -0.152. The number of hydrogen-bond donors (Lipinski definition) is 1. The summed E-state index contributed by atoms with van der Waals surface area (Å²) in [6, 6.07) is 26.2. The predicted molar refractivity (Wildman–Crippen MR) is 111 cm³/mol. The van der Waals surface area contributed by atoms with Crippen LogP contribution >= 0.6 is 0 Å². The summed E-state index contributed by atoms with van der Waals surface area (Å²) in [6.07, 6.45) is -0.867. The van der Waals surface area contributed by atoms with Gasteiger partial charge in [0.25, 0.3) is 5.91 Å². The van der Waals surface area contributed by atoms with Crippen molar-refractivity contribution >= 4 is 17.6 Å². The number of amides is 1. The van der Waals surface area contributed by atoms with Crippen LogP contribution in [0.15, 0.2) is 78.9 Å². The quantitative estimate of drug-likeness (QED) is 0.641. The number of ether oxygens (including phenoxy) is 1. The van der Waals surface area contributed by atoms with Gasteiger partial charge in [0.1, 0.15) is 0 Å². The summed E-state index contributed by atoms with van der Waals surface area (Å²) in [4.78, 5) is 24.4. The minimum Gasteiger partial charge on any atom is -0.452 e. The molecular weight excluding hydrogens is 364 g/mol. The maximum absolute atomic E-state index is 12.2. The molecule has 0 saturated carbocycles. The Hall–Kier alpha value is -3.91. The van der Waals surface area contributed by atoms with Crippen molar-refractivity contribution in [1.82, 2.24) is 0 Å². The van der Waals surface area contributed by atoms with E-state index in [1.807, 2.05) is 60.7 Å². The second-order valence-electron chi connectivity index (χ2n) is 6.55. The average molecular weight is 384 g/mol. The Morgan fingerprint density at radius 1 is 0.966 bits per heavy atom. The molecule has 1 amide bonds. The molecule has 1 unspecified atom stereocenters. The van der Waals surface area contributed by atoms with Gasteiger partial charge in [-0.3, -0.25) is 9.59 Å². The maximum atomic E-state index is 12.2. The van der Waals surface area contributed by atoms with Crippen LogP contribution in [0.5, 0.6) is 0 Å². The lowest BCUT2D eigenvalue weighted by Crippen LogP contribution is -2.30. The third-order valence-electron chi connectivity index (χ3n) is 4.35. The number of carbonyl (C=O) groups excluding carboxylic acids is 2. The zero-order valence-electron chi connectivity index (χ0n) is 16.0. The smallest absolute Gasteiger partial charge is 0.311 e. The summed E-state index contributed by atoms with van der Waals surface area (Å²) in [5, 5.41) is 11.6. The lowest BCUT2D eigenvalue weighted by atomic mass is 10.0. The van der Waals surface area contributed by atoms with E-state index in [0.717, 1.165) is 16.7 Å². The van der Waals surface area contributed by atoms with E-state index in [0.29, 0.717) is 11.3 Å². The van der Waals surface area contributed by atoms with Crippen LogP contribution in [0.4, 0.5) is 5.69 Å². The molecule has 5 nitrogen and oxygen atoms in total.